The Morgan fingerprint density at radius 1 is 1.00 bits per heavy atom. The number of thioether (sulfide) groups is 1. The lowest BCUT2D eigenvalue weighted by atomic mass is 9.79. The van der Waals surface area contributed by atoms with Crippen LogP contribution in [0.2, 0.25) is 0 Å². The van der Waals surface area contributed by atoms with E-state index in [0.29, 0.717) is 19.4 Å². The first-order valence-electron chi connectivity index (χ1n) is 14.3. The highest BCUT2D eigenvalue weighted by Crippen LogP contribution is 2.41. The zero-order chi connectivity index (χ0) is 31.5. The van der Waals surface area contributed by atoms with Crippen LogP contribution in [0.15, 0.2) is 64.4 Å². The summed E-state index contributed by atoms with van der Waals surface area (Å²) in [6.07, 6.45) is 2.81. The monoisotopic (exact) mass is 618 g/mol. The Kier molecular flexibility index (Phi) is 9.86. The van der Waals surface area contributed by atoms with E-state index in [2.05, 4.69) is 81.8 Å². The molecule has 0 radical (unpaired) electrons. The molecule has 1 atom stereocenters. The van der Waals surface area contributed by atoms with Crippen molar-refractivity contribution in [3.63, 3.8) is 0 Å². The molecule has 0 saturated heterocycles. The average molecular weight is 619 g/mol. The summed E-state index contributed by atoms with van der Waals surface area (Å²) in [5.41, 5.74) is 12.7. The summed E-state index contributed by atoms with van der Waals surface area (Å²) in [5.74, 6) is 1.26. The first-order chi connectivity index (χ1) is 20.2. The molecule has 2 amide bonds. The van der Waals surface area contributed by atoms with E-state index in [0.717, 1.165) is 38.8 Å². The second-order valence-corrected chi connectivity index (χ2v) is 14.9. The van der Waals surface area contributed by atoms with Crippen LogP contribution in [0, 0.1) is 0 Å². The number of anilines is 1. The number of amides is 2. The molecule has 9 heteroatoms. The van der Waals surface area contributed by atoms with Crippen molar-refractivity contribution in [1.29, 1.82) is 0 Å². The minimum Gasteiger partial charge on any atom is -0.486 e. The Bertz CT molecular complexity index is 1580. The molecule has 3 N–H and O–H groups in total. The van der Waals surface area contributed by atoms with Crippen LogP contribution >= 0.6 is 23.5 Å². The van der Waals surface area contributed by atoms with Crippen LogP contribution < -0.4 is 15.8 Å². The number of carbonyl (C=O) groups excluding carboxylic acids is 2. The fourth-order valence-corrected chi connectivity index (χ4v) is 6.57. The predicted octanol–water partition coefficient (Wildman–Crippen LogP) is 7.03. The predicted molar refractivity (Wildman–Crippen MR) is 179 cm³/mol. The van der Waals surface area contributed by atoms with Gasteiger partial charge in [-0.15, -0.1) is 0 Å². The molecule has 4 aromatic rings. The Labute approximate surface area is 263 Å². The number of fused-ring (bicyclic) bond motifs is 1. The van der Waals surface area contributed by atoms with Crippen molar-refractivity contribution in [2.75, 3.05) is 12.0 Å². The van der Waals surface area contributed by atoms with Gasteiger partial charge in [-0.25, -0.2) is 4.98 Å². The zero-order valence-corrected chi connectivity index (χ0v) is 27.9. The van der Waals surface area contributed by atoms with E-state index >= 15 is 0 Å². The lowest BCUT2D eigenvalue weighted by Crippen LogP contribution is -2.32. The lowest BCUT2D eigenvalue weighted by Gasteiger charge is -2.29. The average Bonchev–Trinajstić information content (AvgIpc) is 3.25. The summed E-state index contributed by atoms with van der Waals surface area (Å²) in [6, 6.07) is 18.5. The van der Waals surface area contributed by atoms with Crippen molar-refractivity contribution >= 4 is 52.6 Å². The summed E-state index contributed by atoms with van der Waals surface area (Å²) in [7, 11) is 2.01. The molecule has 0 aliphatic carbocycles. The smallest absolute Gasteiger partial charge is 0.239 e. The normalized spacial score (nSPS) is 12.7. The third-order valence-corrected chi connectivity index (χ3v) is 9.35. The number of carbonyl (C=O) groups is 2. The SMILES string of the molecule is CSC(Cc1ccc(OCc2nc3ccc(Sc4cc(C(C)(C)C)c(N)c(C(C)(C)C)c4)cc3n2C)cc1)C(=O)NC=O. The van der Waals surface area contributed by atoms with Gasteiger partial charge in [-0.1, -0.05) is 65.4 Å². The van der Waals surface area contributed by atoms with Gasteiger partial charge < -0.3 is 15.0 Å². The van der Waals surface area contributed by atoms with Gasteiger partial charge in [-0.05, 0) is 82.7 Å². The Hall–Kier alpha value is -3.43. The molecule has 1 heterocycles. The molecule has 0 bridgehead atoms. The standard InChI is InChI=1S/C34H42N4O3S2/c1-33(2,3)25-16-24(17-26(31(25)35)34(4,5)6)43-23-13-14-27-28(18-23)38(7)30(37-27)19-41-22-11-9-21(10-12-22)15-29(42-8)32(40)36-20-39/h9-14,16-18,20,29H,15,19,35H2,1-8H3,(H,36,39,40). The number of nitrogens with one attached hydrogen (secondary N) is 1. The maximum atomic E-state index is 12.0. The third-order valence-electron chi connectivity index (χ3n) is 7.44. The fourth-order valence-electron chi connectivity index (χ4n) is 4.99. The molecule has 1 unspecified atom stereocenters. The van der Waals surface area contributed by atoms with Crippen molar-refractivity contribution in [2.24, 2.45) is 7.05 Å². The quantitative estimate of drug-likeness (QED) is 0.145. The summed E-state index contributed by atoms with van der Waals surface area (Å²) in [6.45, 7) is 13.6. The Balaban J connectivity index is 1.50. The van der Waals surface area contributed by atoms with Gasteiger partial charge in [0.05, 0.1) is 16.3 Å². The number of nitrogens with two attached hydrogens (primary N) is 1. The van der Waals surface area contributed by atoms with Crippen molar-refractivity contribution < 1.29 is 14.3 Å². The molecule has 0 aliphatic heterocycles. The van der Waals surface area contributed by atoms with E-state index in [9.17, 15) is 9.59 Å². The number of nitrogens with zero attached hydrogens (tertiary/aromatic N) is 2. The van der Waals surface area contributed by atoms with Crippen LogP contribution in [0.3, 0.4) is 0 Å². The summed E-state index contributed by atoms with van der Waals surface area (Å²) >= 11 is 3.15. The number of ether oxygens (including phenoxy) is 1. The first-order valence-corrected chi connectivity index (χ1v) is 16.4. The molecule has 228 valence electrons. The van der Waals surface area contributed by atoms with Crippen molar-refractivity contribution in [3.05, 3.63) is 77.1 Å². The van der Waals surface area contributed by atoms with Crippen molar-refractivity contribution in [3.8, 4) is 5.75 Å². The van der Waals surface area contributed by atoms with Gasteiger partial charge in [-0.2, -0.15) is 11.8 Å². The number of aryl methyl sites for hydroxylation is 1. The highest BCUT2D eigenvalue weighted by atomic mass is 32.2. The van der Waals surface area contributed by atoms with Gasteiger partial charge in [0.25, 0.3) is 0 Å². The summed E-state index contributed by atoms with van der Waals surface area (Å²) in [4.78, 5) is 29.8. The lowest BCUT2D eigenvalue weighted by molar-refractivity contribution is -0.124. The van der Waals surface area contributed by atoms with E-state index < -0.39 is 0 Å². The second-order valence-electron chi connectivity index (χ2n) is 12.8. The van der Waals surface area contributed by atoms with Crippen molar-refractivity contribution in [1.82, 2.24) is 14.9 Å². The minimum absolute atomic E-state index is 0.0630. The number of hydrogen-bond acceptors (Lipinski definition) is 7. The highest BCUT2D eigenvalue weighted by molar-refractivity contribution is 8.00. The number of aromatic nitrogens is 2. The van der Waals surface area contributed by atoms with Crippen LogP contribution in [-0.4, -0.2) is 33.4 Å². The van der Waals surface area contributed by atoms with Gasteiger partial charge in [0.2, 0.25) is 12.3 Å². The van der Waals surface area contributed by atoms with Crippen LogP contribution in [0.1, 0.15) is 64.1 Å². The molecule has 0 spiro atoms. The molecule has 3 aromatic carbocycles. The van der Waals surface area contributed by atoms with E-state index in [1.807, 2.05) is 37.6 Å². The zero-order valence-electron chi connectivity index (χ0n) is 26.3. The number of imide groups is 1. The number of nitrogen functional groups attached to an aromatic ring is 1. The molecular weight excluding hydrogens is 577 g/mol. The molecular formula is C34H42N4O3S2. The first kappa shape index (κ1) is 32.5. The van der Waals surface area contributed by atoms with E-state index in [-0.39, 0.29) is 22.0 Å². The van der Waals surface area contributed by atoms with Gasteiger partial charge in [0, 0.05) is 22.5 Å². The fraction of sp³-hybridized carbons (Fsp3) is 0.382. The van der Waals surface area contributed by atoms with E-state index in [1.54, 1.807) is 11.8 Å². The molecule has 0 aliphatic rings. The number of rotatable bonds is 10. The Morgan fingerprint density at radius 3 is 2.19 bits per heavy atom. The molecule has 4 rings (SSSR count). The number of imidazole rings is 1. The number of hydrogen-bond donors (Lipinski definition) is 2. The molecule has 43 heavy (non-hydrogen) atoms. The van der Waals surface area contributed by atoms with Crippen LogP contribution in [0.25, 0.3) is 11.0 Å². The van der Waals surface area contributed by atoms with Gasteiger partial charge in [0.15, 0.2) is 0 Å². The van der Waals surface area contributed by atoms with Crippen LogP contribution in [-0.2, 0) is 40.5 Å². The summed E-state index contributed by atoms with van der Waals surface area (Å²) < 4.78 is 8.15. The molecule has 0 saturated carbocycles. The molecule has 7 nitrogen and oxygen atoms in total. The van der Waals surface area contributed by atoms with Crippen molar-refractivity contribution in [2.45, 2.75) is 80.4 Å². The van der Waals surface area contributed by atoms with Gasteiger partial charge >= 0.3 is 0 Å². The molecule has 0 fully saturated rings. The highest BCUT2D eigenvalue weighted by Gasteiger charge is 2.25. The topological polar surface area (TPSA) is 99.2 Å². The number of benzene rings is 3. The largest absolute Gasteiger partial charge is 0.486 e. The van der Waals surface area contributed by atoms with E-state index in [1.165, 1.54) is 27.8 Å². The summed E-state index contributed by atoms with van der Waals surface area (Å²) in [5, 5.41) is 1.90. The maximum Gasteiger partial charge on any atom is 0.239 e. The maximum absolute atomic E-state index is 12.0. The minimum atomic E-state index is -0.332. The van der Waals surface area contributed by atoms with E-state index in [4.69, 9.17) is 15.5 Å². The van der Waals surface area contributed by atoms with Gasteiger partial charge in [0.1, 0.15) is 18.2 Å². The van der Waals surface area contributed by atoms with Gasteiger partial charge in [-0.3, -0.25) is 14.9 Å². The molecule has 1 aromatic heterocycles. The Morgan fingerprint density at radius 2 is 1.63 bits per heavy atom. The third kappa shape index (κ3) is 7.75. The van der Waals surface area contributed by atoms with Crippen LogP contribution in [0.4, 0.5) is 5.69 Å². The van der Waals surface area contributed by atoms with Crippen LogP contribution in [0.5, 0.6) is 5.75 Å². The second kappa shape index (κ2) is 13.1.